The van der Waals surface area contributed by atoms with Gasteiger partial charge in [0.25, 0.3) is 10.0 Å². The van der Waals surface area contributed by atoms with Crippen molar-refractivity contribution >= 4 is 27.6 Å². The van der Waals surface area contributed by atoms with Crippen LogP contribution in [0.5, 0.6) is 0 Å². The van der Waals surface area contributed by atoms with Crippen LogP contribution in [-0.2, 0) is 10.0 Å². The second-order valence-electron chi connectivity index (χ2n) is 7.91. The zero-order chi connectivity index (χ0) is 23.0. The van der Waals surface area contributed by atoms with Crippen LogP contribution in [-0.4, -0.2) is 14.2 Å². The van der Waals surface area contributed by atoms with Crippen molar-refractivity contribution < 1.29 is 13.2 Å². The molecule has 33 heavy (non-hydrogen) atoms. The van der Waals surface area contributed by atoms with E-state index in [9.17, 15) is 13.2 Å². The summed E-state index contributed by atoms with van der Waals surface area (Å²) in [7, 11) is -4.09. The third kappa shape index (κ3) is 3.66. The lowest BCUT2D eigenvalue weighted by atomic mass is 9.96. The molecule has 0 N–H and O–H groups in total. The molecule has 1 aliphatic heterocycles. The van der Waals surface area contributed by atoms with Crippen LogP contribution in [0.15, 0.2) is 114 Å². The smallest absolute Gasteiger partial charge is 0.268 e. The molecule has 0 aliphatic carbocycles. The highest BCUT2D eigenvalue weighted by atomic mass is 32.2. The highest BCUT2D eigenvalue weighted by Gasteiger charge is 2.37. The van der Waals surface area contributed by atoms with E-state index in [0.29, 0.717) is 22.4 Å². The molecule has 5 heteroatoms. The van der Waals surface area contributed by atoms with E-state index < -0.39 is 10.0 Å². The second kappa shape index (κ2) is 8.19. The first-order valence-electron chi connectivity index (χ1n) is 10.6. The Kier molecular flexibility index (Phi) is 5.19. The number of aryl methyl sites for hydroxylation is 1. The molecule has 0 unspecified atom stereocenters. The van der Waals surface area contributed by atoms with Crippen molar-refractivity contribution in [3.63, 3.8) is 0 Å². The molecule has 1 aliphatic rings. The average molecular weight is 452 g/mol. The van der Waals surface area contributed by atoms with E-state index in [4.69, 9.17) is 0 Å². The molecule has 162 valence electrons. The maximum absolute atomic E-state index is 14.0. The first-order chi connectivity index (χ1) is 16.0. The fourth-order valence-corrected chi connectivity index (χ4v) is 5.56. The Hall–Kier alpha value is -3.96. The molecular formula is C28H21NO3S. The fraction of sp³-hybridized carbons (Fsp3) is 0.0357. The molecule has 0 aromatic heterocycles. The number of Topliss-reactive ketones (excluding diaryl/α,β-unsaturated/α-hetero) is 1. The van der Waals surface area contributed by atoms with E-state index in [2.05, 4.69) is 0 Å². The predicted molar refractivity (Wildman–Crippen MR) is 131 cm³/mol. The van der Waals surface area contributed by atoms with Crippen molar-refractivity contribution in [3.8, 4) is 11.1 Å². The molecule has 0 spiro atoms. The molecular weight excluding hydrogens is 430 g/mol. The van der Waals surface area contributed by atoms with Gasteiger partial charge in [-0.25, -0.2) is 12.7 Å². The quantitative estimate of drug-likeness (QED) is 0.354. The molecule has 0 fully saturated rings. The van der Waals surface area contributed by atoms with E-state index in [1.807, 2.05) is 61.5 Å². The van der Waals surface area contributed by atoms with E-state index in [-0.39, 0.29) is 16.4 Å². The Morgan fingerprint density at radius 1 is 0.667 bits per heavy atom. The summed E-state index contributed by atoms with van der Waals surface area (Å²) in [6, 6.07) is 30.4. The molecule has 0 radical (unpaired) electrons. The summed E-state index contributed by atoms with van der Waals surface area (Å²) in [6.45, 7) is 1.90. The van der Waals surface area contributed by atoms with Gasteiger partial charge in [-0.3, -0.25) is 4.79 Å². The minimum absolute atomic E-state index is 0.0826. The van der Waals surface area contributed by atoms with Gasteiger partial charge in [-0.1, -0.05) is 90.5 Å². The Labute approximate surface area is 193 Å². The van der Waals surface area contributed by atoms with E-state index >= 15 is 0 Å². The van der Waals surface area contributed by atoms with Gasteiger partial charge in [-0.15, -0.1) is 0 Å². The number of sulfonamides is 1. The average Bonchev–Trinajstić information content (AvgIpc) is 2.94. The lowest BCUT2D eigenvalue weighted by Gasteiger charge is -2.26. The van der Waals surface area contributed by atoms with Gasteiger partial charge in [0.2, 0.25) is 5.78 Å². The Morgan fingerprint density at radius 3 is 1.94 bits per heavy atom. The molecule has 1 heterocycles. The van der Waals surface area contributed by atoms with Gasteiger partial charge < -0.3 is 0 Å². The van der Waals surface area contributed by atoms with Crippen molar-refractivity contribution in [2.45, 2.75) is 11.8 Å². The molecule has 4 aromatic rings. The van der Waals surface area contributed by atoms with Crippen LogP contribution in [0.2, 0.25) is 0 Å². The Morgan fingerprint density at radius 2 is 1.24 bits per heavy atom. The van der Waals surface area contributed by atoms with Gasteiger partial charge in [-0.05, 0) is 42.3 Å². The number of rotatable bonds is 3. The summed E-state index contributed by atoms with van der Waals surface area (Å²) in [5, 5.41) is 0. The van der Waals surface area contributed by atoms with E-state index in [1.54, 1.807) is 54.6 Å². The van der Waals surface area contributed by atoms with Crippen LogP contribution in [0.4, 0.5) is 5.69 Å². The summed E-state index contributed by atoms with van der Waals surface area (Å²) in [5.41, 5.74) is 4.08. The molecule has 0 bridgehead atoms. The van der Waals surface area contributed by atoms with Crippen LogP contribution in [0.25, 0.3) is 17.2 Å². The third-order valence-electron chi connectivity index (χ3n) is 5.70. The summed E-state index contributed by atoms with van der Waals surface area (Å²) in [5.74, 6) is -0.346. The van der Waals surface area contributed by atoms with Crippen molar-refractivity contribution in [2.75, 3.05) is 4.31 Å². The van der Waals surface area contributed by atoms with Gasteiger partial charge in [0.1, 0.15) is 5.70 Å². The van der Waals surface area contributed by atoms with Crippen LogP contribution < -0.4 is 4.31 Å². The van der Waals surface area contributed by atoms with Gasteiger partial charge in [0, 0.05) is 11.1 Å². The summed E-state index contributed by atoms with van der Waals surface area (Å²) >= 11 is 0. The first-order valence-corrected chi connectivity index (χ1v) is 12.0. The van der Waals surface area contributed by atoms with Gasteiger partial charge in [-0.2, -0.15) is 0 Å². The highest BCUT2D eigenvalue weighted by molar-refractivity contribution is 7.93. The highest BCUT2D eigenvalue weighted by Crippen LogP contribution is 2.42. The molecule has 0 saturated heterocycles. The fourth-order valence-electron chi connectivity index (χ4n) is 4.06. The molecule has 0 saturated carbocycles. The lowest BCUT2D eigenvalue weighted by Crippen LogP contribution is -2.33. The van der Waals surface area contributed by atoms with Crippen molar-refractivity contribution in [3.05, 3.63) is 126 Å². The van der Waals surface area contributed by atoms with Crippen molar-refractivity contribution in [1.29, 1.82) is 0 Å². The zero-order valence-electron chi connectivity index (χ0n) is 18.0. The second-order valence-corrected chi connectivity index (χ2v) is 9.70. The Balaban J connectivity index is 1.85. The standard InChI is InChI=1S/C28H21NO3S/c1-20-15-17-22(18-16-20)33(31,32)29-26-14-8-7-12-24(26)23-11-5-6-13-25(23)28(30)27(29)19-21-9-3-2-4-10-21/h2-19H,1H3. The number of carbonyl (C=O) groups is 1. The Bertz CT molecular complexity index is 1490. The number of allylic oxidation sites excluding steroid dienone is 1. The SMILES string of the molecule is Cc1ccc(S(=O)(=O)N2C(=Cc3ccccc3)C(=O)c3ccccc3-c3ccccc32)cc1. The van der Waals surface area contributed by atoms with Crippen LogP contribution >= 0.6 is 0 Å². The molecule has 5 rings (SSSR count). The molecule has 0 atom stereocenters. The normalized spacial score (nSPS) is 14.5. The minimum atomic E-state index is -4.09. The van der Waals surface area contributed by atoms with Crippen LogP contribution in [0.3, 0.4) is 0 Å². The predicted octanol–water partition coefficient (Wildman–Crippen LogP) is 6.09. The van der Waals surface area contributed by atoms with Crippen molar-refractivity contribution in [2.24, 2.45) is 0 Å². The molecule has 0 amide bonds. The number of fused-ring (bicyclic) bond motifs is 3. The number of hydrogen-bond donors (Lipinski definition) is 0. The summed E-state index contributed by atoms with van der Waals surface area (Å²) < 4.78 is 29.3. The molecule has 4 nitrogen and oxygen atoms in total. The minimum Gasteiger partial charge on any atom is -0.287 e. The van der Waals surface area contributed by atoms with Crippen LogP contribution in [0, 0.1) is 6.92 Å². The van der Waals surface area contributed by atoms with Crippen molar-refractivity contribution in [1.82, 2.24) is 0 Å². The first kappa shape index (κ1) is 20.9. The maximum Gasteiger partial charge on any atom is 0.268 e. The van der Waals surface area contributed by atoms with Crippen LogP contribution in [0.1, 0.15) is 21.5 Å². The number of anilines is 1. The maximum atomic E-state index is 14.0. The number of para-hydroxylation sites is 1. The van der Waals surface area contributed by atoms with Gasteiger partial charge in [0.15, 0.2) is 0 Å². The zero-order valence-corrected chi connectivity index (χ0v) is 18.8. The van der Waals surface area contributed by atoms with E-state index in [0.717, 1.165) is 11.1 Å². The number of ketones is 1. The summed E-state index contributed by atoms with van der Waals surface area (Å²) in [4.78, 5) is 14.0. The monoisotopic (exact) mass is 451 g/mol. The topological polar surface area (TPSA) is 54.5 Å². The number of hydrogen-bond acceptors (Lipinski definition) is 3. The largest absolute Gasteiger partial charge is 0.287 e. The number of nitrogens with zero attached hydrogens (tertiary/aromatic N) is 1. The van der Waals surface area contributed by atoms with Gasteiger partial charge >= 0.3 is 0 Å². The number of carbonyl (C=O) groups excluding carboxylic acids is 1. The van der Waals surface area contributed by atoms with E-state index in [1.165, 1.54) is 4.31 Å². The summed E-state index contributed by atoms with van der Waals surface area (Å²) in [6.07, 6.45) is 1.65. The number of benzene rings is 4. The van der Waals surface area contributed by atoms with Gasteiger partial charge in [0.05, 0.1) is 10.6 Å². The molecule has 4 aromatic carbocycles. The lowest BCUT2D eigenvalue weighted by molar-refractivity contribution is 0.103. The third-order valence-corrected chi connectivity index (χ3v) is 7.44.